The van der Waals surface area contributed by atoms with E-state index in [9.17, 15) is 0 Å². The standard InChI is InChI=1S/C8H7BrClIO2/c1-12-5-3-4(10)8(13-2)6(9)7(5)11/h3H,1-2H3. The zero-order chi connectivity index (χ0) is 10.0. The van der Waals surface area contributed by atoms with Gasteiger partial charge >= 0.3 is 0 Å². The molecule has 0 amide bonds. The highest BCUT2D eigenvalue weighted by Crippen LogP contribution is 2.41. The second-order valence-corrected chi connectivity index (χ2v) is 4.50. The molecule has 72 valence electrons. The molecule has 5 heteroatoms. The van der Waals surface area contributed by atoms with Gasteiger partial charge in [-0.3, -0.25) is 0 Å². The van der Waals surface area contributed by atoms with Crippen LogP contribution in [0.15, 0.2) is 10.5 Å². The van der Waals surface area contributed by atoms with Crippen molar-refractivity contribution in [2.24, 2.45) is 0 Å². The van der Waals surface area contributed by atoms with Crippen molar-refractivity contribution in [1.82, 2.24) is 0 Å². The van der Waals surface area contributed by atoms with Crippen molar-refractivity contribution in [3.05, 3.63) is 19.1 Å². The van der Waals surface area contributed by atoms with Crippen molar-refractivity contribution in [3.8, 4) is 11.5 Å². The summed E-state index contributed by atoms with van der Waals surface area (Å²) in [6.07, 6.45) is 0. The first-order valence-electron chi connectivity index (χ1n) is 3.37. The molecule has 1 aromatic rings. The number of ether oxygens (including phenoxy) is 2. The molecular weight excluding hydrogens is 370 g/mol. The third kappa shape index (κ3) is 2.22. The van der Waals surface area contributed by atoms with E-state index in [1.165, 1.54) is 0 Å². The minimum atomic E-state index is 0.534. The van der Waals surface area contributed by atoms with E-state index in [0.29, 0.717) is 10.8 Å². The predicted molar refractivity (Wildman–Crippen MR) is 65.0 cm³/mol. The minimum absolute atomic E-state index is 0.534. The summed E-state index contributed by atoms with van der Waals surface area (Å²) in [6.45, 7) is 0. The molecule has 2 nitrogen and oxygen atoms in total. The Hall–Kier alpha value is 0.320. The second kappa shape index (κ2) is 4.70. The van der Waals surface area contributed by atoms with Crippen molar-refractivity contribution >= 4 is 50.1 Å². The quantitative estimate of drug-likeness (QED) is 0.578. The number of rotatable bonds is 2. The predicted octanol–water partition coefficient (Wildman–Crippen LogP) is 3.72. The molecule has 0 aliphatic carbocycles. The molecule has 0 aromatic heterocycles. The van der Waals surface area contributed by atoms with Gasteiger partial charge in [-0.05, 0) is 38.5 Å². The number of halogens is 3. The molecule has 0 fully saturated rings. The molecule has 13 heavy (non-hydrogen) atoms. The molecule has 0 radical (unpaired) electrons. The lowest BCUT2D eigenvalue weighted by atomic mass is 10.3. The summed E-state index contributed by atoms with van der Waals surface area (Å²) in [7, 11) is 3.18. The topological polar surface area (TPSA) is 18.5 Å². The van der Waals surface area contributed by atoms with E-state index in [-0.39, 0.29) is 0 Å². The van der Waals surface area contributed by atoms with Crippen LogP contribution < -0.4 is 9.47 Å². The molecule has 0 spiro atoms. The summed E-state index contributed by atoms with van der Waals surface area (Å²) < 4.78 is 12.0. The monoisotopic (exact) mass is 376 g/mol. The smallest absolute Gasteiger partial charge is 0.152 e. The highest BCUT2D eigenvalue weighted by molar-refractivity contribution is 14.1. The van der Waals surface area contributed by atoms with Gasteiger partial charge in [-0.1, -0.05) is 11.6 Å². The van der Waals surface area contributed by atoms with Gasteiger partial charge in [-0.25, -0.2) is 0 Å². The third-order valence-corrected chi connectivity index (χ3v) is 4.36. The van der Waals surface area contributed by atoms with E-state index >= 15 is 0 Å². The van der Waals surface area contributed by atoms with Gasteiger partial charge in [0.2, 0.25) is 0 Å². The molecule has 1 aromatic carbocycles. The average molecular weight is 377 g/mol. The summed E-state index contributed by atoms with van der Waals surface area (Å²) in [6, 6.07) is 1.73. The lowest BCUT2D eigenvalue weighted by Crippen LogP contribution is -1.92. The first-order valence-corrected chi connectivity index (χ1v) is 5.62. The van der Waals surface area contributed by atoms with Crippen LogP contribution in [0, 0.1) is 3.57 Å². The lowest BCUT2D eigenvalue weighted by molar-refractivity contribution is 0.398. The average Bonchev–Trinajstić information content (AvgIpc) is 2.12. The van der Waals surface area contributed by atoms with Crippen molar-refractivity contribution in [2.75, 3.05) is 14.2 Å². The molecule has 1 rings (SSSR count). The van der Waals surface area contributed by atoms with Crippen LogP contribution in [0.25, 0.3) is 0 Å². The van der Waals surface area contributed by atoms with Gasteiger partial charge in [0, 0.05) is 6.07 Å². The van der Waals surface area contributed by atoms with Gasteiger partial charge in [-0.2, -0.15) is 0 Å². The Kier molecular flexibility index (Phi) is 4.12. The molecule has 0 unspecified atom stereocenters. The molecule has 0 atom stereocenters. The first-order chi connectivity index (χ1) is 6.11. The molecule has 0 aliphatic heterocycles. The summed E-state index contributed by atoms with van der Waals surface area (Å²) >= 11 is 11.5. The molecule has 0 bridgehead atoms. The van der Waals surface area contributed by atoms with Crippen LogP contribution in [-0.2, 0) is 0 Å². The fraction of sp³-hybridized carbons (Fsp3) is 0.250. The Labute approximate surface area is 104 Å². The molecule has 0 N–H and O–H groups in total. The maximum absolute atomic E-state index is 5.95. The maximum atomic E-state index is 5.95. The number of benzene rings is 1. The Bertz CT molecular complexity index is 330. The van der Waals surface area contributed by atoms with Gasteiger partial charge in [-0.15, -0.1) is 0 Å². The Morgan fingerprint density at radius 1 is 1.38 bits per heavy atom. The van der Waals surface area contributed by atoms with E-state index < -0.39 is 0 Å². The highest BCUT2D eigenvalue weighted by Gasteiger charge is 2.14. The van der Waals surface area contributed by atoms with E-state index in [1.807, 2.05) is 0 Å². The number of methoxy groups -OCH3 is 2. The highest BCUT2D eigenvalue weighted by atomic mass is 127. The van der Waals surface area contributed by atoms with Crippen molar-refractivity contribution in [1.29, 1.82) is 0 Å². The van der Waals surface area contributed by atoms with Crippen LogP contribution in [0.2, 0.25) is 5.02 Å². The van der Waals surface area contributed by atoms with Crippen LogP contribution in [0.1, 0.15) is 0 Å². The SMILES string of the molecule is COc1cc(Cl)c(OC)c(Br)c1I. The zero-order valence-corrected chi connectivity index (χ0v) is 11.5. The molecule has 0 saturated heterocycles. The summed E-state index contributed by atoms with van der Waals surface area (Å²) in [5, 5.41) is 0.534. The summed E-state index contributed by atoms with van der Waals surface area (Å²) in [4.78, 5) is 0. The van der Waals surface area contributed by atoms with Crippen molar-refractivity contribution in [3.63, 3.8) is 0 Å². The van der Waals surface area contributed by atoms with E-state index in [1.54, 1.807) is 20.3 Å². The largest absolute Gasteiger partial charge is 0.496 e. The minimum Gasteiger partial charge on any atom is -0.496 e. The summed E-state index contributed by atoms with van der Waals surface area (Å²) in [5.74, 6) is 1.37. The molecule has 0 aliphatic rings. The van der Waals surface area contributed by atoms with Gasteiger partial charge in [0.15, 0.2) is 5.75 Å². The Balaban J connectivity index is 3.37. The van der Waals surface area contributed by atoms with Crippen molar-refractivity contribution in [2.45, 2.75) is 0 Å². The van der Waals surface area contributed by atoms with Crippen LogP contribution in [0.3, 0.4) is 0 Å². The van der Waals surface area contributed by atoms with Gasteiger partial charge < -0.3 is 9.47 Å². The molecular formula is C8H7BrClIO2. The van der Waals surface area contributed by atoms with Crippen LogP contribution in [0.4, 0.5) is 0 Å². The molecule has 0 heterocycles. The van der Waals surface area contributed by atoms with Crippen LogP contribution >= 0.6 is 50.1 Å². The lowest BCUT2D eigenvalue weighted by Gasteiger charge is -2.10. The summed E-state index contributed by atoms with van der Waals surface area (Å²) in [5.41, 5.74) is 0. The molecule has 0 saturated carbocycles. The van der Waals surface area contributed by atoms with Crippen LogP contribution in [0.5, 0.6) is 11.5 Å². The van der Waals surface area contributed by atoms with E-state index in [4.69, 9.17) is 21.1 Å². The first kappa shape index (κ1) is 11.4. The normalized spacial score (nSPS) is 9.92. The fourth-order valence-electron chi connectivity index (χ4n) is 0.892. The van der Waals surface area contributed by atoms with E-state index in [2.05, 4.69) is 38.5 Å². The van der Waals surface area contributed by atoms with Gasteiger partial charge in [0.25, 0.3) is 0 Å². The van der Waals surface area contributed by atoms with Gasteiger partial charge in [0.1, 0.15) is 5.75 Å². The maximum Gasteiger partial charge on any atom is 0.152 e. The van der Waals surface area contributed by atoms with Crippen molar-refractivity contribution < 1.29 is 9.47 Å². The second-order valence-electron chi connectivity index (χ2n) is 2.22. The zero-order valence-electron chi connectivity index (χ0n) is 7.03. The third-order valence-electron chi connectivity index (χ3n) is 1.51. The Morgan fingerprint density at radius 3 is 2.46 bits per heavy atom. The Morgan fingerprint density at radius 2 is 2.00 bits per heavy atom. The fourth-order valence-corrected chi connectivity index (χ4v) is 2.47. The number of hydrogen-bond acceptors (Lipinski definition) is 2. The van der Waals surface area contributed by atoms with Crippen LogP contribution in [-0.4, -0.2) is 14.2 Å². The van der Waals surface area contributed by atoms with Gasteiger partial charge in [0.05, 0.1) is 27.3 Å². The van der Waals surface area contributed by atoms with E-state index in [0.717, 1.165) is 13.8 Å². The number of hydrogen-bond donors (Lipinski definition) is 0.